The van der Waals surface area contributed by atoms with Crippen LogP contribution in [0.1, 0.15) is 28.3 Å². The minimum absolute atomic E-state index is 0.162. The summed E-state index contributed by atoms with van der Waals surface area (Å²) < 4.78 is 3.84. The fourth-order valence-corrected chi connectivity index (χ4v) is 3.55. The highest BCUT2D eigenvalue weighted by Gasteiger charge is 2.12. The van der Waals surface area contributed by atoms with Crippen LogP contribution in [0.3, 0.4) is 0 Å². The van der Waals surface area contributed by atoms with Gasteiger partial charge in [-0.1, -0.05) is 42.5 Å². The first kappa shape index (κ1) is 19.6. The van der Waals surface area contributed by atoms with Gasteiger partial charge in [-0.15, -0.1) is 0 Å². The van der Waals surface area contributed by atoms with Gasteiger partial charge in [0.15, 0.2) is 0 Å². The van der Waals surface area contributed by atoms with Gasteiger partial charge in [0, 0.05) is 11.3 Å². The van der Waals surface area contributed by atoms with E-state index in [1.54, 1.807) is 6.21 Å². The summed E-state index contributed by atoms with van der Waals surface area (Å²) >= 11 is 0. The molecule has 0 unspecified atom stereocenters. The SMILES string of the molecule is Cc1nn(Cc2ccccc2)c(C)c1/C=N/NC(=O)Cn1c(C)nc2ccccc21. The third kappa shape index (κ3) is 4.00. The fraction of sp³-hybridized carbons (Fsp3) is 0.217. The maximum atomic E-state index is 12.4. The normalized spacial score (nSPS) is 11.4. The molecule has 7 heteroatoms. The maximum Gasteiger partial charge on any atom is 0.260 e. The van der Waals surface area contributed by atoms with Crippen LogP contribution in [0.5, 0.6) is 0 Å². The van der Waals surface area contributed by atoms with E-state index < -0.39 is 0 Å². The van der Waals surface area contributed by atoms with Crippen LogP contribution in [0.25, 0.3) is 11.0 Å². The Morgan fingerprint density at radius 3 is 2.60 bits per heavy atom. The number of nitrogens with one attached hydrogen (secondary N) is 1. The number of hydrazone groups is 1. The molecule has 1 N–H and O–H groups in total. The van der Waals surface area contributed by atoms with E-state index in [1.807, 2.05) is 72.5 Å². The van der Waals surface area contributed by atoms with Gasteiger partial charge in [0.05, 0.1) is 29.5 Å². The van der Waals surface area contributed by atoms with E-state index in [0.29, 0.717) is 6.54 Å². The number of nitrogens with zero attached hydrogens (tertiary/aromatic N) is 5. The zero-order chi connectivity index (χ0) is 21.1. The number of amides is 1. The lowest BCUT2D eigenvalue weighted by atomic mass is 10.2. The van der Waals surface area contributed by atoms with Crippen LogP contribution >= 0.6 is 0 Å². The third-order valence-corrected chi connectivity index (χ3v) is 5.14. The minimum atomic E-state index is -0.204. The number of para-hydroxylation sites is 2. The van der Waals surface area contributed by atoms with E-state index in [2.05, 4.69) is 32.7 Å². The number of hydrogen-bond donors (Lipinski definition) is 1. The lowest BCUT2D eigenvalue weighted by Gasteiger charge is -2.05. The van der Waals surface area contributed by atoms with Gasteiger partial charge in [0.2, 0.25) is 0 Å². The predicted molar refractivity (Wildman–Crippen MR) is 117 cm³/mol. The van der Waals surface area contributed by atoms with Crippen LogP contribution in [0.15, 0.2) is 59.7 Å². The molecule has 2 aromatic heterocycles. The van der Waals surface area contributed by atoms with Crippen molar-refractivity contribution in [3.05, 3.63) is 82.9 Å². The third-order valence-electron chi connectivity index (χ3n) is 5.14. The molecule has 0 bridgehead atoms. The standard InChI is InChI=1S/C23H24N6O/c1-16-20(17(2)29(27-16)14-19-9-5-4-6-10-19)13-24-26-23(30)15-28-18(3)25-21-11-7-8-12-22(21)28/h4-13H,14-15H2,1-3H3,(H,26,30)/b24-13+. The molecular formula is C23H24N6O. The van der Waals surface area contributed by atoms with Crippen molar-refractivity contribution in [3.8, 4) is 0 Å². The van der Waals surface area contributed by atoms with E-state index in [9.17, 15) is 4.79 Å². The van der Waals surface area contributed by atoms with Crippen molar-refractivity contribution < 1.29 is 4.79 Å². The lowest BCUT2D eigenvalue weighted by molar-refractivity contribution is -0.121. The average Bonchev–Trinajstić information content (AvgIpc) is 3.19. The molecule has 0 aliphatic carbocycles. The first-order chi connectivity index (χ1) is 14.5. The summed E-state index contributed by atoms with van der Waals surface area (Å²) in [5, 5.41) is 8.77. The van der Waals surface area contributed by atoms with Crippen molar-refractivity contribution in [2.45, 2.75) is 33.9 Å². The van der Waals surface area contributed by atoms with Gasteiger partial charge in [-0.05, 0) is 38.5 Å². The van der Waals surface area contributed by atoms with Crippen molar-refractivity contribution in [2.75, 3.05) is 0 Å². The summed E-state index contributed by atoms with van der Waals surface area (Å²) in [5.74, 6) is 0.591. The fourth-order valence-electron chi connectivity index (χ4n) is 3.55. The summed E-state index contributed by atoms with van der Waals surface area (Å²) in [7, 11) is 0. The number of benzene rings is 2. The number of imidazole rings is 1. The van der Waals surface area contributed by atoms with Crippen molar-refractivity contribution in [3.63, 3.8) is 0 Å². The Balaban J connectivity index is 1.44. The Morgan fingerprint density at radius 2 is 1.80 bits per heavy atom. The average molecular weight is 400 g/mol. The quantitative estimate of drug-likeness (QED) is 0.398. The molecule has 0 aliphatic rings. The second-order valence-electron chi connectivity index (χ2n) is 7.25. The molecule has 2 heterocycles. The molecular weight excluding hydrogens is 376 g/mol. The van der Waals surface area contributed by atoms with Crippen LogP contribution in [-0.4, -0.2) is 31.5 Å². The highest BCUT2D eigenvalue weighted by molar-refractivity contribution is 5.85. The lowest BCUT2D eigenvalue weighted by Crippen LogP contribution is -2.23. The van der Waals surface area contributed by atoms with E-state index in [1.165, 1.54) is 5.56 Å². The Hall–Kier alpha value is -3.74. The smallest absolute Gasteiger partial charge is 0.260 e. The Labute approximate surface area is 175 Å². The van der Waals surface area contributed by atoms with Gasteiger partial charge < -0.3 is 4.57 Å². The number of fused-ring (bicyclic) bond motifs is 1. The molecule has 0 saturated carbocycles. The molecule has 30 heavy (non-hydrogen) atoms. The molecule has 1 amide bonds. The number of rotatable bonds is 6. The molecule has 4 aromatic rings. The second kappa shape index (κ2) is 8.32. The summed E-state index contributed by atoms with van der Waals surface area (Å²) in [4.78, 5) is 16.9. The zero-order valence-electron chi connectivity index (χ0n) is 17.3. The molecule has 0 radical (unpaired) electrons. The van der Waals surface area contributed by atoms with E-state index in [0.717, 1.165) is 33.8 Å². The molecule has 2 aromatic carbocycles. The first-order valence-electron chi connectivity index (χ1n) is 9.84. The number of aryl methyl sites for hydroxylation is 2. The van der Waals surface area contributed by atoms with Gasteiger partial charge in [-0.25, -0.2) is 10.4 Å². The molecule has 152 valence electrons. The Bertz CT molecular complexity index is 1220. The molecule has 0 aliphatic heterocycles. The molecule has 0 saturated heterocycles. The van der Waals surface area contributed by atoms with Gasteiger partial charge in [-0.2, -0.15) is 10.2 Å². The minimum Gasteiger partial charge on any atom is -0.319 e. The van der Waals surface area contributed by atoms with Crippen molar-refractivity contribution >= 4 is 23.2 Å². The van der Waals surface area contributed by atoms with Gasteiger partial charge >= 0.3 is 0 Å². The highest BCUT2D eigenvalue weighted by Crippen LogP contribution is 2.15. The monoisotopic (exact) mass is 400 g/mol. The van der Waals surface area contributed by atoms with Gasteiger partial charge in [0.25, 0.3) is 5.91 Å². The predicted octanol–water partition coefficient (Wildman–Crippen LogP) is 3.36. The zero-order valence-corrected chi connectivity index (χ0v) is 17.3. The Morgan fingerprint density at radius 1 is 1.07 bits per heavy atom. The topological polar surface area (TPSA) is 77.1 Å². The largest absolute Gasteiger partial charge is 0.319 e. The van der Waals surface area contributed by atoms with E-state index in [4.69, 9.17) is 0 Å². The van der Waals surface area contributed by atoms with E-state index in [-0.39, 0.29) is 12.5 Å². The number of carbonyl (C=O) groups excluding carboxylic acids is 1. The van der Waals surface area contributed by atoms with E-state index >= 15 is 0 Å². The van der Waals surface area contributed by atoms with Crippen molar-refractivity contribution in [1.82, 2.24) is 24.8 Å². The molecule has 7 nitrogen and oxygen atoms in total. The van der Waals surface area contributed by atoms with Crippen LogP contribution < -0.4 is 5.43 Å². The summed E-state index contributed by atoms with van der Waals surface area (Å²) in [6.45, 7) is 6.70. The molecule has 0 spiro atoms. The van der Waals surface area contributed by atoms with Crippen LogP contribution in [-0.2, 0) is 17.9 Å². The van der Waals surface area contributed by atoms with Crippen molar-refractivity contribution in [2.24, 2.45) is 5.10 Å². The summed E-state index contributed by atoms with van der Waals surface area (Å²) in [6, 6.07) is 18.0. The molecule has 0 atom stereocenters. The Kier molecular flexibility index (Phi) is 5.43. The number of carbonyl (C=O) groups is 1. The maximum absolute atomic E-state index is 12.4. The number of aromatic nitrogens is 4. The molecule has 4 rings (SSSR count). The van der Waals surface area contributed by atoms with Crippen LogP contribution in [0.2, 0.25) is 0 Å². The molecule has 0 fully saturated rings. The summed E-state index contributed by atoms with van der Waals surface area (Å²) in [6.07, 6.45) is 1.66. The van der Waals surface area contributed by atoms with Crippen LogP contribution in [0.4, 0.5) is 0 Å². The van der Waals surface area contributed by atoms with Gasteiger partial charge in [-0.3, -0.25) is 9.48 Å². The van der Waals surface area contributed by atoms with Crippen molar-refractivity contribution in [1.29, 1.82) is 0 Å². The second-order valence-corrected chi connectivity index (χ2v) is 7.25. The summed E-state index contributed by atoms with van der Waals surface area (Å²) in [5.41, 5.74) is 8.41. The van der Waals surface area contributed by atoms with Gasteiger partial charge in [0.1, 0.15) is 12.4 Å². The highest BCUT2D eigenvalue weighted by atomic mass is 16.2. The number of hydrogen-bond acceptors (Lipinski definition) is 4. The first-order valence-corrected chi connectivity index (χ1v) is 9.84. The van der Waals surface area contributed by atoms with Crippen LogP contribution in [0, 0.1) is 20.8 Å².